The minimum Gasteiger partial charge on any atom is -1.00 e. The van der Waals surface area contributed by atoms with Gasteiger partial charge in [-0.05, 0) is 34.2 Å². The van der Waals surface area contributed by atoms with Gasteiger partial charge in [-0.3, -0.25) is 0 Å². The number of halogens is 2. The molecule has 1 heterocycles. The van der Waals surface area contributed by atoms with Crippen LogP contribution in [0.1, 0.15) is 46.1 Å². The van der Waals surface area contributed by atoms with Gasteiger partial charge in [-0.1, -0.05) is 114 Å². The van der Waals surface area contributed by atoms with E-state index in [-0.39, 0.29) is 51.0 Å². The quantitative estimate of drug-likeness (QED) is 0.312. The number of allylic oxidation sites excluding steroid dienone is 2. The number of fused-ring (bicyclic) bond motifs is 2. The zero-order chi connectivity index (χ0) is 19.9. The van der Waals surface area contributed by atoms with Crippen LogP contribution < -0.4 is 24.8 Å². The molecule has 3 aromatic carbocycles. The summed E-state index contributed by atoms with van der Waals surface area (Å²) < 4.78 is 0. The maximum Gasteiger partial charge on any atom is 3.00 e. The van der Waals surface area contributed by atoms with Crippen molar-refractivity contribution < 1.29 is 51.0 Å². The fourth-order valence-electron chi connectivity index (χ4n) is 5.59. The van der Waals surface area contributed by atoms with Crippen molar-refractivity contribution in [3.05, 3.63) is 125 Å². The van der Waals surface area contributed by atoms with Crippen molar-refractivity contribution in [1.82, 2.24) is 0 Å². The molecule has 0 aromatic heterocycles. The number of benzene rings is 3. The number of hydrogen-bond acceptors (Lipinski definition) is 0. The third-order valence-electron chi connectivity index (χ3n) is 7.16. The van der Waals surface area contributed by atoms with Crippen molar-refractivity contribution in [1.29, 1.82) is 0 Å². The van der Waals surface area contributed by atoms with Crippen LogP contribution >= 0.6 is 0 Å². The van der Waals surface area contributed by atoms with Gasteiger partial charge in [0, 0.05) is 14.7 Å². The largest absolute Gasteiger partial charge is 3.00 e. The van der Waals surface area contributed by atoms with Crippen molar-refractivity contribution in [3.63, 3.8) is 0 Å². The molecule has 0 spiro atoms. The summed E-state index contributed by atoms with van der Waals surface area (Å²) in [5.74, 6) is 1.18. The molecular weight excluding hydrogens is 539 g/mol. The van der Waals surface area contributed by atoms with Crippen LogP contribution in [0.25, 0.3) is 12.2 Å². The first-order valence-electron chi connectivity index (χ1n) is 11.2. The summed E-state index contributed by atoms with van der Waals surface area (Å²) in [5, 5.41) is 0. The van der Waals surface area contributed by atoms with Crippen LogP contribution in [0.15, 0.2) is 91.0 Å². The van der Waals surface area contributed by atoms with Gasteiger partial charge in [0.05, 0.1) is 0 Å². The van der Waals surface area contributed by atoms with Gasteiger partial charge in [-0.2, -0.15) is 12.0 Å². The van der Waals surface area contributed by atoms with E-state index in [1.54, 1.807) is 5.56 Å². The van der Waals surface area contributed by atoms with Crippen molar-refractivity contribution in [3.8, 4) is 0 Å². The second kappa shape index (κ2) is 11.5. The Morgan fingerprint density at radius 3 is 2.06 bits per heavy atom. The van der Waals surface area contributed by atoms with E-state index < -0.39 is 8.80 Å². The van der Waals surface area contributed by atoms with Crippen LogP contribution in [-0.2, 0) is 32.2 Å². The average Bonchev–Trinajstić information content (AvgIpc) is 3.14. The van der Waals surface area contributed by atoms with Crippen LogP contribution in [0, 0.1) is 6.42 Å². The smallest absolute Gasteiger partial charge is 1.00 e. The molecule has 3 aliphatic rings. The average molecular weight is 565 g/mol. The fourth-order valence-corrected chi connectivity index (χ4v) is 9.38. The molecule has 3 aromatic rings. The van der Waals surface area contributed by atoms with E-state index in [1.165, 1.54) is 34.7 Å². The minimum atomic E-state index is -0.437. The van der Waals surface area contributed by atoms with Gasteiger partial charge in [-0.15, -0.1) is 0 Å². The van der Waals surface area contributed by atoms with E-state index in [9.17, 15) is 0 Å². The van der Waals surface area contributed by atoms with Crippen LogP contribution in [0.5, 0.6) is 0 Å². The second-order valence-corrected chi connectivity index (χ2v) is 11.7. The van der Waals surface area contributed by atoms with E-state index in [1.807, 2.05) is 0 Å². The Labute approximate surface area is 231 Å². The van der Waals surface area contributed by atoms with Gasteiger partial charge in [0.1, 0.15) is 0 Å². The maximum atomic E-state index is 2.70. The minimum absolute atomic E-state index is 0. The van der Waals surface area contributed by atoms with Crippen LogP contribution in [0.4, 0.5) is 0 Å². The topological polar surface area (TPSA) is 0 Å². The molecular formula is C29H26Cl2SiZr. The standard InChI is InChI=1S/C29H26Si.2ClH.Zr/c1-2-8-21(9-3-1)20-30-28(19-17-24-15-14-22-10-4-6-12-25(22)24)29(30)27-18-16-23-11-5-7-13-26(23)27;;;/h1-16,18-19,24,27-29H,17,20H2;2*1H;/q-1;;;+3/p-2. The molecule has 2 aliphatic carbocycles. The summed E-state index contributed by atoms with van der Waals surface area (Å²) in [6.45, 7) is 0. The Morgan fingerprint density at radius 2 is 1.30 bits per heavy atom. The molecule has 4 unspecified atom stereocenters. The second-order valence-electron chi connectivity index (χ2n) is 8.87. The Hall–Kier alpha value is -1.18. The van der Waals surface area contributed by atoms with E-state index in [0.29, 0.717) is 11.8 Å². The zero-order valence-corrected chi connectivity index (χ0v) is 23.3. The summed E-state index contributed by atoms with van der Waals surface area (Å²) in [6.07, 6.45) is 13.4. The van der Waals surface area contributed by atoms with Crippen molar-refractivity contribution in [2.45, 2.75) is 35.4 Å². The molecule has 4 atom stereocenters. The van der Waals surface area contributed by atoms with E-state index in [0.717, 1.165) is 11.1 Å². The van der Waals surface area contributed by atoms with E-state index in [4.69, 9.17) is 0 Å². The Kier molecular flexibility index (Phi) is 9.21. The van der Waals surface area contributed by atoms with Gasteiger partial charge < -0.3 is 31.2 Å². The summed E-state index contributed by atoms with van der Waals surface area (Å²) in [5.41, 5.74) is 9.06. The molecule has 0 amide bonds. The summed E-state index contributed by atoms with van der Waals surface area (Å²) >= 11 is 0. The first kappa shape index (κ1) is 26.4. The monoisotopic (exact) mass is 562 g/mol. The maximum absolute atomic E-state index is 2.70. The van der Waals surface area contributed by atoms with E-state index in [2.05, 4.69) is 110 Å². The van der Waals surface area contributed by atoms with Crippen molar-refractivity contribution in [2.75, 3.05) is 0 Å². The van der Waals surface area contributed by atoms with Crippen LogP contribution in [0.3, 0.4) is 0 Å². The molecule has 1 aliphatic heterocycles. The first-order valence-corrected chi connectivity index (χ1v) is 13.0. The molecule has 6 rings (SSSR count). The molecule has 33 heavy (non-hydrogen) atoms. The van der Waals surface area contributed by atoms with Gasteiger partial charge in [-0.25, -0.2) is 0 Å². The van der Waals surface area contributed by atoms with Gasteiger partial charge in [0.25, 0.3) is 0 Å². The molecule has 0 bridgehead atoms. The molecule has 0 N–H and O–H groups in total. The molecule has 1 fully saturated rings. The predicted octanol–water partition coefficient (Wildman–Crippen LogP) is 1.24. The molecule has 2 radical (unpaired) electrons. The summed E-state index contributed by atoms with van der Waals surface area (Å²) in [6, 6.07) is 30.3. The van der Waals surface area contributed by atoms with Crippen LogP contribution in [0.2, 0.25) is 11.1 Å². The summed E-state index contributed by atoms with van der Waals surface area (Å²) in [4.78, 5) is 0. The molecule has 0 saturated carbocycles. The molecule has 4 heteroatoms. The normalized spacial score (nSPS) is 23.6. The van der Waals surface area contributed by atoms with Crippen molar-refractivity contribution in [2.24, 2.45) is 0 Å². The molecule has 1 saturated heterocycles. The summed E-state index contributed by atoms with van der Waals surface area (Å²) in [7, 11) is -0.437. The van der Waals surface area contributed by atoms with Gasteiger partial charge in [0.15, 0.2) is 0 Å². The first-order chi connectivity index (χ1) is 14.9. The Bertz CT molecular complexity index is 1130. The zero-order valence-electron chi connectivity index (χ0n) is 18.4. The fraction of sp³-hybridized carbons (Fsp3) is 0.207. The number of rotatable bonds is 6. The van der Waals surface area contributed by atoms with Crippen molar-refractivity contribution >= 4 is 20.9 Å². The molecule has 164 valence electrons. The Balaban J connectivity index is 0.00000102. The van der Waals surface area contributed by atoms with Gasteiger partial charge >= 0.3 is 26.2 Å². The number of hydrogen-bond donors (Lipinski definition) is 0. The predicted molar refractivity (Wildman–Crippen MR) is 129 cm³/mol. The van der Waals surface area contributed by atoms with E-state index >= 15 is 0 Å². The van der Waals surface area contributed by atoms with Crippen LogP contribution in [-0.4, -0.2) is 8.80 Å². The third-order valence-corrected chi connectivity index (χ3v) is 10.6. The Morgan fingerprint density at radius 1 is 0.697 bits per heavy atom. The van der Waals surface area contributed by atoms with Gasteiger partial charge in [0.2, 0.25) is 0 Å². The molecule has 0 nitrogen and oxygen atoms in total. The SMILES string of the molecule is C1=CC(C[CH-]C2C(C3C=Cc4ccccc43)[Si]2Cc2ccccc2)c2ccccc21.[Cl-].[Cl-].[Zr+3]. The third kappa shape index (κ3) is 5.25.